The molecule has 0 radical (unpaired) electrons. The average molecular weight is 296 g/mol. The van der Waals surface area contributed by atoms with Crippen LogP contribution in [0.15, 0.2) is 16.9 Å². The van der Waals surface area contributed by atoms with Crippen molar-refractivity contribution in [3.63, 3.8) is 0 Å². The number of hydrogen-bond donors (Lipinski definition) is 1. The van der Waals surface area contributed by atoms with Crippen molar-refractivity contribution in [3.8, 4) is 5.82 Å². The Bertz CT molecular complexity index is 535. The maximum Gasteiger partial charge on any atom is 0.159 e. The van der Waals surface area contributed by atoms with Gasteiger partial charge in [0.2, 0.25) is 0 Å². The quantitative estimate of drug-likeness (QED) is 0.945. The summed E-state index contributed by atoms with van der Waals surface area (Å²) in [6, 6.07) is 1.88. The van der Waals surface area contributed by atoms with Gasteiger partial charge in [-0.15, -0.1) is 0 Å². The molecule has 17 heavy (non-hydrogen) atoms. The Morgan fingerprint density at radius 2 is 2.12 bits per heavy atom. The summed E-state index contributed by atoms with van der Waals surface area (Å²) in [5, 5.41) is 7.59. The van der Waals surface area contributed by atoms with Crippen LogP contribution < -0.4 is 5.32 Å². The van der Waals surface area contributed by atoms with Gasteiger partial charge in [0.15, 0.2) is 5.82 Å². The van der Waals surface area contributed by atoms with Crippen molar-refractivity contribution >= 4 is 21.7 Å². The van der Waals surface area contributed by atoms with E-state index in [-0.39, 0.29) is 0 Å². The highest BCUT2D eigenvalue weighted by molar-refractivity contribution is 9.10. The summed E-state index contributed by atoms with van der Waals surface area (Å²) >= 11 is 3.50. The van der Waals surface area contributed by atoms with Crippen molar-refractivity contribution in [1.82, 2.24) is 19.7 Å². The molecule has 0 aliphatic carbocycles. The lowest BCUT2D eigenvalue weighted by molar-refractivity contribution is 0.800. The van der Waals surface area contributed by atoms with Crippen LogP contribution in [0.1, 0.15) is 18.3 Å². The molecule has 0 aliphatic heterocycles. The molecule has 2 aromatic rings. The van der Waals surface area contributed by atoms with Gasteiger partial charge in [-0.2, -0.15) is 5.10 Å². The Labute approximate surface area is 108 Å². The highest BCUT2D eigenvalue weighted by Crippen LogP contribution is 2.22. The molecule has 5 nitrogen and oxygen atoms in total. The Balaban J connectivity index is 2.45. The number of halogens is 1. The van der Waals surface area contributed by atoms with E-state index in [9.17, 15) is 0 Å². The van der Waals surface area contributed by atoms with Crippen LogP contribution in [0.25, 0.3) is 5.82 Å². The summed E-state index contributed by atoms with van der Waals surface area (Å²) < 4.78 is 2.82. The molecule has 6 heteroatoms. The zero-order valence-electron chi connectivity index (χ0n) is 10.0. The number of aryl methyl sites for hydroxylation is 1. The molecule has 0 aliphatic rings. The molecular weight excluding hydrogens is 282 g/mol. The molecule has 2 rings (SSSR count). The maximum absolute atomic E-state index is 4.43. The third-order valence-corrected chi connectivity index (χ3v) is 3.58. The van der Waals surface area contributed by atoms with Crippen molar-refractivity contribution in [2.24, 2.45) is 0 Å². The number of hydrogen-bond acceptors (Lipinski definition) is 4. The predicted octanol–water partition coefficient (Wildman–Crippen LogP) is 2.47. The number of anilines is 1. The Hall–Kier alpha value is -1.43. The molecule has 0 unspecified atom stereocenters. The zero-order chi connectivity index (χ0) is 12.4. The third-order valence-electron chi connectivity index (χ3n) is 2.43. The van der Waals surface area contributed by atoms with Crippen LogP contribution in [0.3, 0.4) is 0 Å². The molecule has 0 saturated heterocycles. The first-order valence-corrected chi connectivity index (χ1v) is 6.20. The van der Waals surface area contributed by atoms with Gasteiger partial charge in [0.25, 0.3) is 0 Å². The van der Waals surface area contributed by atoms with Crippen LogP contribution in [-0.4, -0.2) is 26.3 Å². The first-order valence-electron chi connectivity index (χ1n) is 5.41. The second-order valence-electron chi connectivity index (χ2n) is 3.69. The Kier molecular flexibility index (Phi) is 3.42. The van der Waals surface area contributed by atoms with Gasteiger partial charge in [-0.1, -0.05) is 0 Å². The summed E-state index contributed by atoms with van der Waals surface area (Å²) in [7, 11) is 0. The lowest BCUT2D eigenvalue weighted by Gasteiger charge is -2.06. The van der Waals surface area contributed by atoms with E-state index in [0.717, 1.165) is 34.0 Å². The molecule has 1 N–H and O–H groups in total. The van der Waals surface area contributed by atoms with Crippen LogP contribution in [0.2, 0.25) is 0 Å². The molecule has 0 fully saturated rings. The molecular formula is C11H14BrN5. The van der Waals surface area contributed by atoms with E-state index >= 15 is 0 Å². The molecule has 0 aromatic carbocycles. The van der Waals surface area contributed by atoms with Crippen LogP contribution in [0.4, 0.5) is 5.82 Å². The van der Waals surface area contributed by atoms with Gasteiger partial charge in [-0.3, -0.25) is 0 Å². The number of nitrogens with zero attached hydrogens (tertiary/aromatic N) is 4. The van der Waals surface area contributed by atoms with E-state index in [0.29, 0.717) is 0 Å². The van der Waals surface area contributed by atoms with Gasteiger partial charge < -0.3 is 5.32 Å². The van der Waals surface area contributed by atoms with Crippen LogP contribution >= 0.6 is 15.9 Å². The van der Waals surface area contributed by atoms with Crippen molar-refractivity contribution in [1.29, 1.82) is 0 Å². The second-order valence-corrected chi connectivity index (χ2v) is 4.48. The van der Waals surface area contributed by atoms with Crippen LogP contribution in [0, 0.1) is 13.8 Å². The lowest BCUT2D eigenvalue weighted by Crippen LogP contribution is -2.05. The summed E-state index contributed by atoms with van der Waals surface area (Å²) in [4.78, 5) is 8.37. The second kappa shape index (κ2) is 4.83. The molecule has 0 spiro atoms. The summed E-state index contributed by atoms with van der Waals surface area (Å²) in [5.74, 6) is 1.57. The minimum atomic E-state index is 0.766. The first kappa shape index (κ1) is 12.0. The lowest BCUT2D eigenvalue weighted by atomic mass is 10.4. The minimum absolute atomic E-state index is 0.766. The van der Waals surface area contributed by atoms with E-state index in [1.54, 1.807) is 0 Å². The topological polar surface area (TPSA) is 55.6 Å². The molecule has 90 valence electrons. The fourth-order valence-corrected chi connectivity index (χ4v) is 1.83. The van der Waals surface area contributed by atoms with Crippen LogP contribution in [-0.2, 0) is 0 Å². The SMILES string of the molecule is CCNc1cc(-n2nc(C)c(Br)c2C)ncn1. The number of rotatable bonds is 3. The predicted molar refractivity (Wildman–Crippen MR) is 70.5 cm³/mol. The Morgan fingerprint density at radius 1 is 1.35 bits per heavy atom. The van der Waals surface area contributed by atoms with Gasteiger partial charge >= 0.3 is 0 Å². The van der Waals surface area contributed by atoms with Gasteiger partial charge in [0, 0.05) is 12.6 Å². The molecule has 0 saturated carbocycles. The summed E-state index contributed by atoms with van der Waals surface area (Å²) in [5.41, 5.74) is 1.98. The van der Waals surface area contributed by atoms with E-state index in [1.165, 1.54) is 6.33 Å². The molecule has 0 bridgehead atoms. The van der Waals surface area contributed by atoms with E-state index in [1.807, 2.05) is 31.5 Å². The maximum atomic E-state index is 4.43. The average Bonchev–Trinajstić information content (AvgIpc) is 2.58. The van der Waals surface area contributed by atoms with Gasteiger partial charge in [0.1, 0.15) is 12.1 Å². The van der Waals surface area contributed by atoms with Gasteiger partial charge in [-0.05, 0) is 36.7 Å². The monoisotopic (exact) mass is 295 g/mol. The number of nitrogens with one attached hydrogen (secondary N) is 1. The molecule has 0 atom stereocenters. The minimum Gasteiger partial charge on any atom is -0.370 e. The molecule has 0 amide bonds. The van der Waals surface area contributed by atoms with Crippen molar-refractivity contribution < 1.29 is 0 Å². The fourth-order valence-electron chi connectivity index (χ4n) is 1.59. The Morgan fingerprint density at radius 3 is 2.71 bits per heavy atom. The number of aromatic nitrogens is 4. The normalized spacial score (nSPS) is 10.6. The largest absolute Gasteiger partial charge is 0.370 e. The third kappa shape index (κ3) is 2.31. The van der Waals surface area contributed by atoms with E-state index in [4.69, 9.17) is 0 Å². The first-order chi connectivity index (χ1) is 8.13. The standard InChI is InChI=1S/C11H14BrN5/c1-4-13-9-5-10(15-6-14-9)17-8(3)11(12)7(2)16-17/h5-6H,4H2,1-3H3,(H,13,14,15). The fraction of sp³-hybridized carbons (Fsp3) is 0.364. The summed E-state index contributed by atoms with van der Waals surface area (Å²) in [6.07, 6.45) is 1.54. The molecule has 2 aromatic heterocycles. The van der Waals surface area contributed by atoms with E-state index in [2.05, 4.69) is 36.3 Å². The van der Waals surface area contributed by atoms with Gasteiger partial charge in [0.05, 0.1) is 15.9 Å². The van der Waals surface area contributed by atoms with E-state index < -0.39 is 0 Å². The smallest absolute Gasteiger partial charge is 0.159 e. The highest BCUT2D eigenvalue weighted by Gasteiger charge is 2.11. The van der Waals surface area contributed by atoms with Crippen molar-refractivity contribution in [2.75, 3.05) is 11.9 Å². The molecule has 2 heterocycles. The highest BCUT2D eigenvalue weighted by atomic mass is 79.9. The summed E-state index contributed by atoms with van der Waals surface area (Å²) in [6.45, 7) is 6.82. The van der Waals surface area contributed by atoms with Crippen molar-refractivity contribution in [2.45, 2.75) is 20.8 Å². The zero-order valence-corrected chi connectivity index (χ0v) is 11.6. The van der Waals surface area contributed by atoms with Gasteiger partial charge in [-0.25, -0.2) is 14.6 Å². The van der Waals surface area contributed by atoms with Crippen LogP contribution in [0.5, 0.6) is 0 Å². The van der Waals surface area contributed by atoms with Crippen molar-refractivity contribution in [3.05, 3.63) is 28.3 Å².